The minimum absolute atomic E-state index is 0.258. The molecular weight excluding hydrogens is 264 g/mol. The summed E-state index contributed by atoms with van der Waals surface area (Å²) in [7, 11) is 0. The second-order valence-electron chi connectivity index (χ2n) is 4.24. The van der Waals surface area contributed by atoms with Crippen LogP contribution in [0.3, 0.4) is 0 Å². The summed E-state index contributed by atoms with van der Waals surface area (Å²) in [5.74, 6) is 0.787. The van der Waals surface area contributed by atoms with Gasteiger partial charge < -0.3 is 14.7 Å². The van der Waals surface area contributed by atoms with Crippen LogP contribution in [0.2, 0.25) is 5.22 Å². The van der Waals surface area contributed by atoms with Crippen molar-refractivity contribution in [3.05, 3.63) is 47.2 Å². The van der Waals surface area contributed by atoms with E-state index in [9.17, 15) is 0 Å². The largest absolute Gasteiger partial charge is 0.443 e. The fourth-order valence-corrected chi connectivity index (χ4v) is 2.14. The second-order valence-corrected chi connectivity index (χ2v) is 4.62. The quantitative estimate of drug-likeness (QED) is 0.762. The maximum atomic E-state index is 5.86. The summed E-state index contributed by atoms with van der Waals surface area (Å²) in [4.78, 5) is 0. The van der Waals surface area contributed by atoms with Crippen molar-refractivity contribution in [1.29, 1.82) is 0 Å². The maximum Gasteiger partial charge on any atom is 0.230 e. The second kappa shape index (κ2) is 4.48. The van der Waals surface area contributed by atoms with Gasteiger partial charge >= 0.3 is 0 Å². The third-order valence-corrected chi connectivity index (χ3v) is 3.03. The Hall–Kier alpha value is -2.20. The average Bonchev–Trinajstić information content (AvgIpc) is 2.95. The molecule has 0 spiro atoms. The average molecular weight is 275 g/mol. The molecule has 2 heterocycles. The number of nitrogen functional groups attached to an aromatic ring is 1. The number of hydrogen-bond acceptors (Lipinski definition) is 4. The zero-order valence-corrected chi connectivity index (χ0v) is 10.9. The van der Waals surface area contributed by atoms with Gasteiger partial charge in [-0.1, -0.05) is 35.0 Å². The van der Waals surface area contributed by atoms with Crippen molar-refractivity contribution in [2.75, 3.05) is 5.73 Å². The molecule has 0 saturated carbocycles. The summed E-state index contributed by atoms with van der Waals surface area (Å²) in [6.45, 7) is 2.01. The van der Waals surface area contributed by atoms with E-state index >= 15 is 0 Å². The predicted octanol–water partition coefficient (Wildman–Crippen LogP) is 4.15. The van der Waals surface area contributed by atoms with E-state index in [1.165, 1.54) is 0 Å². The Labute approximate surface area is 114 Å². The third kappa shape index (κ3) is 2.11. The zero-order valence-electron chi connectivity index (χ0n) is 10.2. The summed E-state index contributed by atoms with van der Waals surface area (Å²) in [6.07, 6.45) is 0. The van der Waals surface area contributed by atoms with Gasteiger partial charge in [-0.2, -0.15) is 0 Å². The lowest BCUT2D eigenvalue weighted by Gasteiger charge is -2.02. The summed E-state index contributed by atoms with van der Waals surface area (Å²) in [5, 5.41) is 4.25. The van der Waals surface area contributed by atoms with Crippen molar-refractivity contribution < 1.29 is 8.94 Å². The SMILES string of the molecule is Cc1cccc(-c2c(-c3ccc(Cl)o3)noc2N)c1. The van der Waals surface area contributed by atoms with Crippen LogP contribution in [0.1, 0.15) is 5.56 Å². The van der Waals surface area contributed by atoms with Gasteiger partial charge in [0.15, 0.2) is 16.7 Å². The number of anilines is 1. The Morgan fingerprint density at radius 2 is 2.05 bits per heavy atom. The molecule has 0 radical (unpaired) electrons. The highest BCUT2D eigenvalue weighted by Crippen LogP contribution is 2.37. The molecule has 4 nitrogen and oxygen atoms in total. The molecule has 0 atom stereocenters. The van der Waals surface area contributed by atoms with E-state index in [0.29, 0.717) is 16.7 Å². The summed E-state index contributed by atoms with van der Waals surface area (Å²) in [6, 6.07) is 11.3. The first-order valence-electron chi connectivity index (χ1n) is 5.73. The van der Waals surface area contributed by atoms with Gasteiger partial charge in [-0.15, -0.1) is 0 Å². The monoisotopic (exact) mass is 274 g/mol. The molecule has 0 bridgehead atoms. The molecule has 0 unspecified atom stereocenters. The fraction of sp³-hybridized carbons (Fsp3) is 0.0714. The smallest absolute Gasteiger partial charge is 0.230 e. The van der Waals surface area contributed by atoms with E-state index in [-0.39, 0.29) is 5.88 Å². The molecule has 2 N–H and O–H groups in total. The highest BCUT2D eigenvalue weighted by Gasteiger charge is 2.19. The molecule has 0 aliphatic carbocycles. The maximum absolute atomic E-state index is 5.86. The number of nitrogens with zero attached hydrogens (tertiary/aromatic N) is 1. The molecule has 0 aliphatic heterocycles. The van der Waals surface area contributed by atoms with Crippen molar-refractivity contribution >= 4 is 17.5 Å². The van der Waals surface area contributed by atoms with E-state index in [1.807, 2.05) is 31.2 Å². The van der Waals surface area contributed by atoms with Crippen molar-refractivity contribution in [3.8, 4) is 22.6 Å². The molecule has 96 valence electrons. The fourth-order valence-electron chi connectivity index (χ4n) is 1.99. The number of rotatable bonds is 2. The van der Waals surface area contributed by atoms with Crippen LogP contribution in [0, 0.1) is 6.92 Å². The van der Waals surface area contributed by atoms with Gasteiger partial charge in [0, 0.05) is 0 Å². The van der Waals surface area contributed by atoms with Crippen LogP contribution in [-0.2, 0) is 0 Å². The summed E-state index contributed by atoms with van der Waals surface area (Å²) in [5.41, 5.74) is 9.19. The number of hydrogen-bond donors (Lipinski definition) is 1. The number of benzene rings is 1. The molecule has 19 heavy (non-hydrogen) atoms. The van der Waals surface area contributed by atoms with Crippen LogP contribution < -0.4 is 5.73 Å². The lowest BCUT2D eigenvalue weighted by Crippen LogP contribution is -1.87. The normalized spacial score (nSPS) is 10.8. The van der Waals surface area contributed by atoms with Crippen molar-refractivity contribution in [1.82, 2.24) is 5.16 Å². The summed E-state index contributed by atoms with van der Waals surface area (Å²) >= 11 is 5.78. The van der Waals surface area contributed by atoms with Gasteiger partial charge in [-0.25, -0.2) is 0 Å². The van der Waals surface area contributed by atoms with Crippen LogP contribution in [-0.4, -0.2) is 5.16 Å². The highest BCUT2D eigenvalue weighted by atomic mass is 35.5. The number of aromatic nitrogens is 1. The van der Waals surface area contributed by atoms with Crippen LogP contribution in [0.4, 0.5) is 5.88 Å². The molecular formula is C14H11ClN2O2. The summed E-state index contributed by atoms with van der Waals surface area (Å²) < 4.78 is 10.4. The molecule has 0 fully saturated rings. The van der Waals surface area contributed by atoms with Crippen LogP contribution in [0.25, 0.3) is 22.6 Å². The first-order chi connectivity index (χ1) is 9.15. The van der Waals surface area contributed by atoms with Gasteiger partial charge in [0.2, 0.25) is 5.88 Å². The van der Waals surface area contributed by atoms with E-state index in [1.54, 1.807) is 12.1 Å². The zero-order chi connectivity index (χ0) is 13.4. The predicted molar refractivity (Wildman–Crippen MR) is 73.8 cm³/mol. The van der Waals surface area contributed by atoms with Crippen LogP contribution in [0.15, 0.2) is 45.3 Å². The van der Waals surface area contributed by atoms with Gasteiger partial charge in [-0.05, 0) is 36.2 Å². The van der Waals surface area contributed by atoms with E-state index < -0.39 is 0 Å². The van der Waals surface area contributed by atoms with Gasteiger partial charge in [-0.3, -0.25) is 0 Å². The first kappa shape index (κ1) is 11.9. The minimum atomic E-state index is 0.258. The highest BCUT2D eigenvalue weighted by molar-refractivity contribution is 6.29. The van der Waals surface area contributed by atoms with Gasteiger partial charge in [0.25, 0.3) is 0 Å². The Morgan fingerprint density at radius 3 is 2.74 bits per heavy atom. The van der Waals surface area contributed by atoms with Crippen molar-refractivity contribution in [2.45, 2.75) is 6.92 Å². The van der Waals surface area contributed by atoms with E-state index in [0.717, 1.165) is 16.7 Å². The Morgan fingerprint density at radius 1 is 1.21 bits per heavy atom. The molecule has 2 aromatic heterocycles. The number of aryl methyl sites for hydroxylation is 1. The molecule has 3 aromatic rings. The lowest BCUT2D eigenvalue weighted by molar-refractivity contribution is 0.436. The molecule has 5 heteroatoms. The number of furan rings is 1. The molecule has 0 amide bonds. The van der Waals surface area contributed by atoms with E-state index in [2.05, 4.69) is 5.16 Å². The first-order valence-corrected chi connectivity index (χ1v) is 6.11. The van der Waals surface area contributed by atoms with Crippen LogP contribution >= 0.6 is 11.6 Å². The van der Waals surface area contributed by atoms with Crippen LogP contribution in [0.5, 0.6) is 0 Å². The third-order valence-electron chi connectivity index (χ3n) is 2.83. The Kier molecular flexibility index (Phi) is 2.80. The van der Waals surface area contributed by atoms with Gasteiger partial charge in [0.05, 0.1) is 5.56 Å². The molecule has 0 saturated heterocycles. The molecule has 1 aromatic carbocycles. The molecule has 0 aliphatic rings. The molecule has 3 rings (SSSR count). The van der Waals surface area contributed by atoms with Crippen molar-refractivity contribution in [2.24, 2.45) is 0 Å². The standard InChI is InChI=1S/C14H11ClN2O2/c1-8-3-2-4-9(7-8)12-13(17-19-14(12)16)10-5-6-11(15)18-10/h2-7H,16H2,1H3. The van der Waals surface area contributed by atoms with E-state index in [4.69, 9.17) is 26.3 Å². The topological polar surface area (TPSA) is 65.2 Å². The lowest BCUT2D eigenvalue weighted by atomic mass is 10.0. The number of halogens is 1. The number of nitrogens with two attached hydrogens (primary N) is 1. The Balaban J connectivity index is 2.19. The van der Waals surface area contributed by atoms with Gasteiger partial charge in [0.1, 0.15) is 0 Å². The van der Waals surface area contributed by atoms with Crippen molar-refractivity contribution in [3.63, 3.8) is 0 Å². The Bertz CT molecular complexity index is 731. The minimum Gasteiger partial charge on any atom is -0.443 e.